The molecule has 0 aliphatic carbocycles. The van der Waals surface area contributed by atoms with E-state index in [4.69, 9.17) is 0 Å². The molecule has 0 aromatic rings. The molecule has 2 aliphatic rings. The van der Waals surface area contributed by atoms with Crippen LogP contribution in [0.5, 0.6) is 0 Å². The average Bonchev–Trinajstić information content (AvgIpc) is 2.56. The molecule has 0 spiro atoms. The Morgan fingerprint density at radius 3 is 1.68 bits per heavy atom. The van der Waals surface area contributed by atoms with E-state index in [1.165, 1.54) is 12.8 Å². The largest absolute Gasteiger partial charge is 0.325 e. The van der Waals surface area contributed by atoms with Crippen molar-refractivity contribution in [2.45, 2.75) is 60.4 Å². The molecule has 0 unspecified atom stereocenters. The first kappa shape index (κ1) is 19.3. The van der Waals surface area contributed by atoms with Gasteiger partial charge in [0, 0.05) is 45.3 Å². The molecule has 0 aromatic heterocycles. The summed E-state index contributed by atoms with van der Waals surface area (Å²) in [5.41, 5.74) is 0. The lowest BCUT2D eigenvalue weighted by atomic mass is 9.87. The van der Waals surface area contributed by atoms with Gasteiger partial charge in [-0.2, -0.15) is 0 Å². The molecule has 4 nitrogen and oxygen atoms in total. The summed E-state index contributed by atoms with van der Waals surface area (Å²) in [5, 5.41) is 0. The molecule has 2 rings (SSSR count). The second-order valence-electron chi connectivity index (χ2n) is 6.97. The van der Waals surface area contributed by atoms with Gasteiger partial charge in [-0.15, -0.1) is 0 Å². The van der Waals surface area contributed by atoms with Gasteiger partial charge in [0.1, 0.15) is 0 Å². The standard InChI is InChI=1S/C16H31N3O.C2H6/c1-13(2)15-5-7-18(8-6-15)16(20)19-11-9-17(10-12-19)14(3)4;1-2/h13-15H,5-12H2,1-4H3;1-2H3. The van der Waals surface area contributed by atoms with Gasteiger partial charge >= 0.3 is 6.03 Å². The van der Waals surface area contributed by atoms with Crippen LogP contribution in [0, 0.1) is 11.8 Å². The highest BCUT2D eigenvalue weighted by atomic mass is 16.2. The van der Waals surface area contributed by atoms with Gasteiger partial charge in [0.25, 0.3) is 0 Å². The first-order valence-corrected chi connectivity index (χ1v) is 9.27. The van der Waals surface area contributed by atoms with Gasteiger partial charge in [-0.25, -0.2) is 4.79 Å². The monoisotopic (exact) mass is 311 g/mol. The predicted molar refractivity (Wildman–Crippen MR) is 94.2 cm³/mol. The van der Waals surface area contributed by atoms with Crippen molar-refractivity contribution in [1.29, 1.82) is 0 Å². The zero-order valence-electron chi connectivity index (χ0n) is 15.6. The first-order chi connectivity index (χ1) is 10.5. The van der Waals surface area contributed by atoms with Crippen molar-refractivity contribution in [3.05, 3.63) is 0 Å². The van der Waals surface area contributed by atoms with Crippen LogP contribution in [0.3, 0.4) is 0 Å². The highest BCUT2D eigenvalue weighted by Crippen LogP contribution is 2.25. The lowest BCUT2D eigenvalue weighted by Gasteiger charge is -2.41. The summed E-state index contributed by atoms with van der Waals surface area (Å²) in [6, 6.07) is 0.865. The summed E-state index contributed by atoms with van der Waals surface area (Å²) in [6.45, 7) is 18.8. The molecule has 22 heavy (non-hydrogen) atoms. The number of piperazine rings is 1. The maximum Gasteiger partial charge on any atom is 0.320 e. The Labute approximate surface area is 137 Å². The highest BCUT2D eigenvalue weighted by molar-refractivity contribution is 5.74. The lowest BCUT2D eigenvalue weighted by molar-refractivity contribution is 0.0868. The van der Waals surface area contributed by atoms with E-state index in [-0.39, 0.29) is 6.03 Å². The summed E-state index contributed by atoms with van der Waals surface area (Å²) >= 11 is 0. The molecule has 2 heterocycles. The van der Waals surface area contributed by atoms with E-state index >= 15 is 0 Å². The third-order valence-corrected chi connectivity index (χ3v) is 5.07. The van der Waals surface area contributed by atoms with Crippen LogP contribution < -0.4 is 0 Å². The van der Waals surface area contributed by atoms with E-state index in [1.807, 2.05) is 13.8 Å². The SMILES string of the molecule is CC.CC(C)C1CCN(C(=O)N2CCN(C(C)C)CC2)CC1. The fourth-order valence-corrected chi connectivity index (χ4v) is 3.39. The van der Waals surface area contributed by atoms with Gasteiger partial charge in [-0.3, -0.25) is 4.90 Å². The molecular formula is C18H37N3O. The number of hydrogen-bond acceptors (Lipinski definition) is 2. The molecule has 2 saturated heterocycles. The van der Waals surface area contributed by atoms with Crippen LogP contribution in [0.25, 0.3) is 0 Å². The number of nitrogens with zero attached hydrogens (tertiary/aromatic N) is 3. The average molecular weight is 312 g/mol. The Balaban J connectivity index is 0.00000116. The van der Waals surface area contributed by atoms with E-state index < -0.39 is 0 Å². The van der Waals surface area contributed by atoms with Crippen molar-refractivity contribution in [3.63, 3.8) is 0 Å². The molecule has 0 atom stereocenters. The van der Waals surface area contributed by atoms with E-state index in [1.54, 1.807) is 0 Å². The molecule has 0 radical (unpaired) electrons. The van der Waals surface area contributed by atoms with Crippen molar-refractivity contribution < 1.29 is 4.79 Å². The number of urea groups is 1. The Morgan fingerprint density at radius 1 is 0.818 bits per heavy atom. The molecule has 0 bridgehead atoms. The minimum atomic E-state index is 0.274. The van der Waals surface area contributed by atoms with E-state index in [0.29, 0.717) is 6.04 Å². The van der Waals surface area contributed by atoms with Crippen LogP contribution >= 0.6 is 0 Å². The summed E-state index contributed by atoms with van der Waals surface area (Å²) in [7, 11) is 0. The zero-order chi connectivity index (χ0) is 16.7. The summed E-state index contributed by atoms with van der Waals surface area (Å²) in [4.78, 5) is 19.1. The number of carbonyl (C=O) groups is 1. The van der Waals surface area contributed by atoms with Crippen molar-refractivity contribution in [1.82, 2.24) is 14.7 Å². The van der Waals surface area contributed by atoms with Gasteiger partial charge in [-0.1, -0.05) is 27.7 Å². The highest BCUT2D eigenvalue weighted by Gasteiger charge is 2.29. The van der Waals surface area contributed by atoms with Gasteiger partial charge in [0.05, 0.1) is 0 Å². The number of amides is 2. The first-order valence-electron chi connectivity index (χ1n) is 9.27. The summed E-state index contributed by atoms with van der Waals surface area (Å²) in [6.07, 6.45) is 2.35. The summed E-state index contributed by atoms with van der Waals surface area (Å²) in [5.74, 6) is 1.55. The fourth-order valence-electron chi connectivity index (χ4n) is 3.39. The van der Waals surface area contributed by atoms with Gasteiger partial charge < -0.3 is 9.80 Å². The van der Waals surface area contributed by atoms with Crippen molar-refractivity contribution in [3.8, 4) is 0 Å². The third-order valence-electron chi connectivity index (χ3n) is 5.07. The Bertz CT molecular complexity index is 284. The molecule has 0 N–H and O–H groups in total. The Hall–Kier alpha value is -0.770. The Morgan fingerprint density at radius 2 is 1.27 bits per heavy atom. The topological polar surface area (TPSA) is 26.8 Å². The Kier molecular flexibility index (Phi) is 8.23. The molecule has 130 valence electrons. The van der Waals surface area contributed by atoms with Crippen molar-refractivity contribution >= 4 is 6.03 Å². The molecular weight excluding hydrogens is 274 g/mol. The van der Waals surface area contributed by atoms with Crippen molar-refractivity contribution in [2.24, 2.45) is 11.8 Å². The number of likely N-dealkylation sites (tertiary alicyclic amines) is 1. The second-order valence-corrected chi connectivity index (χ2v) is 6.97. The van der Waals surface area contributed by atoms with Gasteiger partial charge in [0.2, 0.25) is 0 Å². The maximum atomic E-state index is 12.5. The quantitative estimate of drug-likeness (QED) is 0.780. The van der Waals surface area contributed by atoms with Crippen LogP contribution in [-0.4, -0.2) is 66.0 Å². The zero-order valence-corrected chi connectivity index (χ0v) is 15.6. The molecule has 0 aromatic carbocycles. The van der Waals surface area contributed by atoms with Crippen LogP contribution in [0.2, 0.25) is 0 Å². The van der Waals surface area contributed by atoms with Gasteiger partial charge in [-0.05, 0) is 38.5 Å². The normalized spacial score (nSPS) is 21.1. The minimum absolute atomic E-state index is 0.274. The summed E-state index contributed by atoms with van der Waals surface area (Å²) < 4.78 is 0. The molecule has 2 fully saturated rings. The minimum Gasteiger partial charge on any atom is -0.325 e. The number of piperidine rings is 1. The maximum absolute atomic E-state index is 12.5. The second kappa shape index (κ2) is 9.39. The van der Waals surface area contributed by atoms with Crippen LogP contribution in [0.1, 0.15) is 54.4 Å². The molecule has 2 amide bonds. The van der Waals surface area contributed by atoms with Gasteiger partial charge in [0.15, 0.2) is 0 Å². The molecule has 0 saturated carbocycles. The predicted octanol–water partition coefficient (Wildman–Crippen LogP) is 3.53. The number of hydrogen-bond donors (Lipinski definition) is 0. The lowest BCUT2D eigenvalue weighted by Crippen LogP contribution is -2.55. The van der Waals surface area contributed by atoms with E-state index in [9.17, 15) is 4.79 Å². The van der Waals surface area contributed by atoms with Crippen molar-refractivity contribution in [2.75, 3.05) is 39.3 Å². The van der Waals surface area contributed by atoms with E-state index in [0.717, 1.165) is 51.1 Å². The van der Waals surface area contributed by atoms with Crippen LogP contribution in [-0.2, 0) is 0 Å². The number of carbonyl (C=O) groups excluding carboxylic acids is 1. The number of rotatable bonds is 2. The smallest absolute Gasteiger partial charge is 0.320 e. The molecule has 2 aliphatic heterocycles. The third kappa shape index (κ3) is 5.15. The molecule has 4 heteroatoms. The van der Waals surface area contributed by atoms with Crippen LogP contribution in [0.15, 0.2) is 0 Å². The van der Waals surface area contributed by atoms with E-state index in [2.05, 4.69) is 42.4 Å². The fraction of sp³-hybridized carbons (Fsp3) is 0.944. The van der Waals surface area contributed by atoms with Crippen LogP contribution in [0.4, 0.5) is 4.79 Å².